The zero-order valence-corrected chi connectivity index (χ0v) is 6.88. The van der Waals surface area contributed by atoms with Crippen LogP contribution in [0.15, 0.2) is 29.8 Å². The number of nitrogens with one attached hydrogen (secondary N) is 1. The molecule has 1 aromatic carbocycles. The van der Waals surface area contributed by atoms with Gasteiger partial charge in [-0.15, -0.1) is 0 Å². The molecular formula is C11H11N. The SMILES string of the molecule is C1=C2CNCC2c2ccccc21. The summed E-state index contributed by atoms with van der Waals surface area (Å²) in [7, 11) is 0. The van der Waals surface area contributed by atoms with Gasteiger partial charge in [-0.3, -0.25) is 0 Å². The molecule has 1 saturated heterocycles. The van der Waals surface area contributed by atoms with E-state index >= 15 is 0 Å². The van der Waals surface area contributed by atoms with Crippen LogP contribution in [0.4, 0.5) is 0 Å². The standard InChI is InChI=1S/C11H11N/c1-2-4-10-8(3-1)5-9-6-12-7-11(9)10/h1-5,11-12H,6-7H2. The molecule has 1 aliphatic heterocycles. The molecule has 1 heteroatoms. The van der Waals surface area contributed by atoms with Crippen molar-refractivity contribution in [2.45, 2.75) is 5.92 Å². The Hall–Kier alpha value is -1.08. The van der Waals surface area contributed by atoms with Gasteiger partial charge in [0.2, 0.25) is 0 Å². The zero-order chi connectivity index (χ0) is 7.97. The van der Waals surface area contributed by atoms with Gasteiger partial charge in [-0.1, -0.05) is 30.3 Å². The van der Waals surface area contributed by atoms with Crippen LogP contribution in [0, 0.1) is 0 Å². The molecule has 1 heterocycles. The van der Waals surface area contributed by atoms with Crippen molar-refractivity contribution >= 4 is 6.08 Å². The Labute approximate surface area is 72.1 Å². The third-order valence-corrected chi connectivity index (χ3v) is 2.84. The minimum atomic E-state index is 0.682. The Balaban J connectivity index is 2.18. The van der Waals surface area contributed by atoms with Crippen LogP contribution in [0.25, 0.3) is 6.08 Å². The Morgan fingerprint density at radius 1 is 1.25 bits per heavy atom. The monoisotopic (exact) mass is 157 g/mol. The van der Waals surface area contributed by atoms with E-state index in [1.165, 1.54) is 11.1 Å². The fourth-order valence-corrected chi connectivity index (χ4v) is 2.24. The van der Waals surface area contributed by atoms with Gasteiger partial charge in [0.1, 0.15) is 0 Å². The van der Waals surface area contributed by atoms with Crippen LogP contribution in [-0.4, -0.2) is 13.1 Å². The summed E-state index contributed by atoms with van der Waals surface area (Å²) in [6.45, 7) is 2.21. The maximum atomic E-state index is 3.40. The van der Waals surface area contributed by atoms with Crippen LogP contribution in [0.3, 0.4) is 0 Å². The lowest BCUT2D eigenvalue weighted by molar-refractivity contribution is 0.802. The van der Waals surface area contributed by atoms with Gasteiger partial charge in [-0.2, -0.15) is 0 Å². The molecule has 1 unspecified atom stereocenters. The third kappa shape index (κ3) is 0.718. The number of fused-ring (bicyclic) bond motifs is 3. The molecule has 3 rings (SSSR count). The van der Waals surface area contributed by atoms with E-state index in [-0.39, 0.29) is 0 Å². The summed E-state index contributed by atoms with van der Waals surface area (Å²) < 4.78 is 0. The van der Waals surface area contributed by atoms with Crippen molar-refractivity contribution in [3.63, 3.8) is 0 Å². The summed E-state index contributed by atoms with van der Waals surface area (Å²) in [5, 5.41) is 3.40. The molecule has 2 aliphatic rings. The summed E-state index contributed by atoms with van der Waals surface area (Å²) in [6, 6.07) is 8.70. The fraction of sp³-hybridized carbons (Fsp3) is 0.273. The third-order valence-electron chi connectivity index (χ3n) is 2.84. The molecule has 0 radical (unpaired) electrons. The van der Waals surface area contributed by atoms with E-state index in [0.717, 1.165) is 13.1 Å². The Morgan fingerprint density at radius 2 is 2.17 bits per heavy atom. The lowest BCUT2D eigenvalue weighted by Gasteiger charge is -2.05. The predicted molar refractivity (Wildman–Crippen MR) is 50.0 cm³/mol. The molecule has 0 aromatic heterocycles. The van der Waals surface area contributed by atoms with E-state index in [4.69, 9.17) is 0 Å². The van der Waals surface area contributed by atoms with Crippen molar-refractivity contribution in [1.29, 1.82) is 0 Å². The minimum Gasteiger partial charge on any atom is -0.312 e. The molecule has 1 N–H and O–H groups in total. The second-order valence-corrected chi connectivity index (χ2v) is 3.53. The maximum absolute atomic E-state index is 3.40. The van der Waals surface area contributed by atoms with Gasteiger partial charge in [0.05, 0.1) is 0 Å². The highest BCUT2D eigenvalue weighted by molar-refractivity contribution is 5.67. The first kappa shape index (κ1) is 6.44. The Bertz CT molecular complexity index is 352. The van der Waals surface area contributed by atoms with E-state index in [2.05, 4.69) is 35.7 Å². The molecule has 1 aliphatic carbocycles. The summed E-state index contributed by atoms with van der Waals surface area (Å²) >= 11 is 0. The summed E-state index contributed by atoms with van der Waals surface area (Å²) in [5.74, 6) is 0.682. The minimum absolute atomic E-state index is 0.682. The first-order valence-electron chi connectivity index (χ1n) is 4.45. The molecule has 1 aromatic rings. The number of hydrogen-bond acceptors (Lipinski definition) is 1. The molecule has 1 fully saturated rings. The molecule has 12 heavy (non-hydrogen) atoms. The second kappa shape index (κ2) is 2.20. The van der Waals surface area contributed by atoms with Crippen LogP contribution in [0.5, 0.6) is 0 Å². The largest absolute Gasteiger partial charge is 0.312 e. The smallest absolute Gasteiger partial charge is 0.0195 e. The van der Waals surface area contributed by atoms with E-state index < -0.39 is 0 Å². The fourth-order valence-electron chi connectivity index (χ4n) is 2.24. The highest BCUT2D eigenvalue weighted by atomic mass is 14.9. The molecule has 0 bridgehead atoms. The first-order valence-corrected chi connectivity index (χ1v) is 4.45. The Kier molecular flexibility index (Phi) is 1.18. The first-order chi connectivity index (χ1) is 5.95. The van der Waals surface area contributed by atoms with E-state index in [9.17, 15) is 0 Å². The zero-order valence-electron chi connectivity index (χ0n) is 6.88. The van der Waals surface area contributed by atoms with Gasteiger partial charge >= 0.3 is 0 Å². The molecule has 0 saturated carbocycles. The topological polar surface area (TPSA) is 12.0 Å². The number of rotatable bonds is 0. The highest BCUT2D eigenvalue weighted by Crippen LogP contribution is 2.37. The normalized spacial score (nSPS) is 25.0. The van der Waals surface area contributed by atoms with Crippen molar-refractivity contribution in [3.05, 3.63) is 41.0 Å². The van der Waals surface area contributed by atoms with Gasteiger partial charge in [0.25, 0.3) is 0 Å². The van der Waals surface area contributed by atoms with E-state index in [1.54, 1.807) is 5.57 Å². The van der Waals surface area contributed by atoms with Gasteiger partial charge in [0.15, 0.2) is 0 Å². The van der Waals surface area contributed by atoms with Gasteiger partial charge < -0.3 is 5.32 Å². The van der Waals surface area contributed by atoms with E-state index in [0.29, 0.717) is 5.92 Å². The van der Waals surface area contributed by atoms with Gasteiger partial charge in [0, 0.05) is 19.0 Å². The lowest BCUT2D eigenvalue weighted by Crippen LogP contribution is -2.08. The van der Waals surface area contributed by atoms with E-state index in [1.807, 2.05) is 0 Å². The van der Waals surface area contributed by atoms with Crippen LogP contribution in [-0.2, 0) is 0 Å². The highest BCUT2D eigenvalue weighted by Gasteiger charge is 2.28. The molecule has 1 nitrogen and oxygen atoms in total. The summed E-state index contributed by atoms with van der Waals surface area (Å²) in [5.41, 5.74) is 4.51. The predicted octanol–water partition coefficient (Wildman–Crippen LogP) is 1.77. The van der Waals surface area contributed by atoms with Crippen LogP contribution < -0.4 is 5.32 Å². The lowest BCUT2D eigenvalue weighted by atomic mass is 9.99. The average Bonchev–Trinajstić information content (AvgIpc) is 2.62. The van der Waals surface area contributed by atoms with Gasteiger partial charge in [-0.05, 0) is 16.7 Å². The van der Waals surface area contributed by atoms with Crippen LogP contribution >= 0.6 is 0 Å². The number of benzene rings is 1. The maximum Gasteiger partial charge on any atom is 0.0195 e. The molecule has 0 spiro atoms. The van der Waals surface area contributed by atoms with Crippen molar-refractivity contribution < 1.29 is 0 Å². The molecule has 1 atom stereocenters. The molecular weight excluding hydrogens is 146 g/mol. The van der Waals surface area contributed by atoms with Gasteiger partial charge in [-0.25, -0.2) is 0 Å². The van der Waals surface area contributed by atoms with Crippen molar-refractivity contribution in [2.75, 3.05) is 13.1 Å². The quantitative estimate of drug-likeness (QED) is 0.605. The van der Waals surface area contributed by atoms with Crippen molar-refractivity contribution in [1.82, 2.24) is 5.32 Å². The Morgan fingerprint density at radius 3 is 3.17 bits per heavy atom. The number of hydrogen-bond donors (Lipinski definition) is 1. The van der Waals surface area contributed by atoms with Crippen LogP contribution in [0.1, 0.15) is 17.0 Å². The van der Waals surface area contributed by atoms with Crippen molar-refractivity contribution in [2.24, 2.45) is 0 Å². The average molecular weight is 157 g/mol. The molecule has 60 valence electrons. The van der Waals surface area contributed by atoms with Crippen LogP contribution in [0.2, 0.25) is 0 Å². The summed E-state index contributed by atoms with van der Waals surface area (Å²) in [6.07, 6.45) is 2.33. The summed E-state index contributed by atoms with van der Waals surface area (Å²) in [4.78, 5) is 0. The van der Waals surface area contributed by atoms with Crippen molar-refractivity contribution in [3.8, 4) is 0 Å². The second-order valence-electron chi connectivity index (χ2n) is 3.53. The molecule has 0 amide bonds.